The highest BCUT2D eigenvalue weighted by Crippen LogP contribution is 2.36. The second kappa shape index (κ2) is 7.96. The minimum atomic E-state index is -0.231. The molecule has 1 aromatic carbocycles. The lowest BCUT2D eigenvalue weighted by atomic mass is 9.88. The number of benzene rings is 1. The zero-order chi connectivity index (χ0) is 16.1. The number of hydrogen-bond donors (Lipinski definition) is 0. The van der Waals surface area contributed by atoms with Crippen LogP contribution in [0, 0.1) is 17.7 Å². The van der Waals surface area contributed by atoms with Crippen molar-refractivity contribution in [1.29, 1.82) is 0 Å². The van der Waals surface area contributed by atoms with E-state index in [9.17, 15) is 4.39 Å². The Morgan fingerprint density at radius 1 is 1.18 bits per heavy atom. The summed E-state index contributed by atoms with van der Waals surface area (Å²) < 4.78 is 25.5. The normalized spacial score (nSPS) is 23.5. The summed E-state index contributed by atoms with van der Waals surface area (Å²) in [5.74, 6) is 1.77. The van der Waals surface area contributed by atoms with Gasteiger partial charge in [-0.2, -0.15) is 0 Å². The molecular weight excluding hydrogens is 279 g/mol. The second-order valence-electron chi connectivity index (χ2n) is 7.02. The van der Waals surface area contributed by atoms with Crippen LogP contribution in [0.1, 0.15) is 64.5 Å². The highest BCUT2D eigenvalue weighted by Gasteiger charge is 2.25. The van der Waals surface area contributed by atoms with Crippen LogP contribution in [-0.2, 0) is 4.74 Å². The third-order valence-electron chi connectivity index (χ3n) is 4.54. The Bertz CT molecular complexity index is 465. The molecule has 1 atom stereocenters. The van der Waals surface area contributed by atoms with Crippen LogP contribution in [0.15, 0.2) is 18.2 Å². The lowest BCUT2D eigenvalue weighted by Gasteiger charge is -2.31. The lowest BCUT2D eigenvalue weighted by molar-refractivity contribution is -0.0464. The number of halogens is 1. The predicted molar refractivity (Wildman–Crippen MR) is 87.7 cm³/mol. The molecule has 124 valence electrons. The molecule has 2 nitrogen and oxygen atoms in total. The van der Waals surface area contributed by atoms with Crippen molar-refractivity contribution in [1.82, 2.24) is 0 Å². The van der Waals surface area contributed by atoms with E-state index in [0.717, 1.165) is 36.5 Å². The molecule has 1 aliphatic carbocycles. The highest BCUT2D eigenvalue weighted by atomic mass is 19.1. The van der Waals surface area contributed by atoms with Crippen LogP contribution in [0.5, 0.6) is 5.75 Å². The van der Waals surface area contributed by atoms with E-state index in [2.05, 4.69) is 20.8 Å². The maximum Gasteiger partial charge on any atom is 0.124 e. The van der Waals surface area contributed by atoms with E-state index < -0.39 is 0 Å². The summed E-state index contributed by atoms with van der Waals surface area (Å²) in [7, 11) is 1.63. The fourth-order valence-corrected chi connectivity index (χ4v) is 3.24. The van der Waals surface area contributed by atoms with E-state index in [0.29, 0.717) is 5.92 Å². The maximum absolute atomic E-state index is 13.7. The zero-order valence-corrected chi connectivity index (χ0v) is 14.3. The van der Waals surface area contributed by atoms with E-state index in [-0.39, 0.29) is 18.0 Å². The van der Waals surface area contributed by atoms with Crippen molar-refractivity contribution in [2.45, 2.75) is 65.1 Å². The van der Waals surface area contributed by atoms with Crippen LogP contribution in [0.25, 0.3) is 0 Å². The van der Waals surface area contributed by atoms with Gasteiger partial charge < -0.3 is 9.47 Å². The van der Waals surface area contributed by atoms with Gasteiger partial charge in [-0.05, 0) is 62.1 Å². The third kappa shape index (κ3) is 4.70. The highest BCUT2D eigenvalue weighted by molar-refractivity contribution is 5.36. The molecule has 0 radical (unpaired) electrons. The molecule has 1 saturated carbocycles. The van der Waals surface area contributed by atoms with E-state index in [4.69, 9.17) is 9.47 Å². The first-order valence-corrected chi connectivity index (χ1v) is 8.48. The van der Waals surface area contributed by atoms with Crippen molar-refractivity contribution in [3.05, 3.63) is 29.6 Å². The molecule has 0 spiro atoms. The number of hydrogen-bond acceptors (Lipinski definition) is 2. The fourth-order valence-electron chi connectivity index (χ4n) is 3.24. The molecule has 0 saturated heterocycles. The minimum absolute atomic E-state index is 0.0935. The molecule has 0 N–H and O–H groups in total. The quantitative estimate of drug-likeness (QED) is 0.689. The SMILES string of the molecule is COc1ccc(F)cc1[C@H](CC(C)C)OC1CCC(C)CC1. The van der Waals surface area contributed by atoms with Gasteiger partial charge in [0, 0.05) is 5.56 Å². The monoisotopic (exact) mass is 308 g/mol. The predicted octanol–water partition coefficient (Wildman–Crippen LogP) is 5.52. The van der Waals surface area contributed by atoms with Gasteiger partial charge in [-0.15, -0.1) is 0 Å². The molecule has 1 aliphatic rings. The number of rotatable bonds is 6. The van der Waals surface area contributed by atoms with Gasteiger partial charge in [-0.25, -0.2) is 4.39 Å². The summed E-state index contributed by atoms with van der Waals surface area (Å²) >= 11 is 0. The molecule has 0 bridgehead atoms. The Labute approximate surface area is 134 Å². The molecule has 1 aromatic rings. The fraction of sp³-hybridized carbons (Fsp3) is 0.684. The van der Waals surface area contributed by atoms with Crippen LogP contribution in [0.3, 0.4) is 0 Å². The van der Waals surface area contributed by atoms with Crippen LogP contribution in [0.4, 0.5) is 4.39 Å². The Balaban J connectivity index is 2.17. The van der Waals surface area contributed by atoms with E-state index in [1.807, 2.05) is 0 Å². The Hall–Kier alpha value is -1.09. The first kappa shape index (κ1) is 17.3. The standard InChI is InChI=1S/C19H29FO2/c1-13(2)11-19(22-16-8-5-14(3)6-9-16)17-12-15(20)7-10-18(17)21-4/h7,10,12-14,16,19H,5-6,8-9,11H2,1-4H3/t14?,16?,19-/m0/s1. The summed E-state index contributed by atoms with van der Waals surface area (Å²) in [6.45, 7) is 6.65. The smallest absolute Gasteiger partial charge is 0.124 e. The summed E-state index contributed by atoms with van der Waals surface area (Å²) in [5, 5.41) is 0. The van der Waals surface area contributed by atoms with Crippen LogP contribution in [-0.4, -0.2) is 13.2 Å². The molecule has 22 heavy (non-hydrogen) atoms. The van der Waals surface area contributed by atoms with Crippen molar-refractivity contribution in [3.63, 3.8) is 0 Å². The average molecular weight is 308 g/mol. The first-order chi connectivity index (χ1) is 10.5. The molecule has 3 heteroatoms. The summed E-state index contributed by atoms with van der Waals surface area (Å²) in [4.78, 5) is 0. The molecule has 0 aromatic heterocycles. The van der Waals surface area contributed by atoms with Gasteiger partial charge in [0.05, 0.1) is 19.3 Å². The van der Waals surface area contributed by atoms with Gasteiger partial charge in [0.1, 0.15) is 11.6 Å². The van der Waals surface area contributed by atoms with Crippen LogP contribution >= 0.6 is 0 Å². The molecule has 0 aliphatic heterocycles. The van der Waals surface area contributed by atoms with Gasteiger partial charge in [-0.3, -0.25) is 0 Å². The molecule has 0 unspecified atom stereocenters. The molecule has 0 heterocycles. The number of ether oxygens (including phenoxy) is 2. The van der Waals surface area contributed by atoms with Crippen molar-refractivity contribution in [3.8, 4) is 5.75 Å². The van der Waals surface area contributed by atoms with Gasteiger partial charge in [0.2, 0.25) is 0 Å². The molecule has 0 amide bonds. The third-order valence-corrected chi connectivity index (χ3v) is 4.54. The largest absolute Gasteiger partial charge is 0.496 e. The lowest BCUT2D eigenvalue weighted by Crippen LogP contribution is -2.23. The Morgan fingerprint density at radius 3 is 2.45 bits per heavy atom. The average Bonchev–Trinajstić information content (AvgIpc) is 2.48. The molecule has 1 fully saturated rings. The van der Waals surface area contributed by atoms with Crippen LogP contribution in [0.2, 0.25) is 0 Å². The van der Waals surface area contributed by atoms with E-state index in [1.165, 1.54) is 18.9 Å². The second-order valence-corrected chi connectivity index (χ2v) is 7.02. The summed E-state index contributed by atoms with van der Waals surface area (Å²) in [6, 6.07) is 4.71. The van der Waals surface area contributed by atoms with Gasteiger partial charge in [0.25, 0.3) is 0 Å². The van der Waals surface area contributed by atoms with Gasteiger partial charge in [-0.1, -0.05) is 20.8 Å². The zero-order valence-electron chi connectivity index (χ0n) is 14.3. The summed E-state index contributed by atoms with van der Waals surface area (Å²) in [5.41, 5.74) is 0.842. The molecule has 2 rings (SSSR count). The van der Waals surface area contributed by atoms with Crippen LogP contribution < -0.4 is 4.74 Å². The van der Waals surface area contributed by atoms with Gasteiger partial charge >= 0.3 is 0 Å². The van der Waals surface area contributed by atoms with Crippen molar-refractivity contribution in [2.75, 3.05) is 7.11 Å². The van der Waals surface area contributed by atoms with Gasteiger partial charge in [0.15, 0.2) is 0 Å². The van der Waals surface area contributed by atoms with Crippen molar-refractivity contribution < 1.29 is 13.9 Å². The topological polar surface area (TPSA) is 18.5 Å². The van der Waals surface area contributed by atoms with Crippen molar-refractivity contribution in [2.24, 2.45) is 11.8 Å². The van der Waals surface area contributed by atoms with Crippen molar-refractivity contribution >= 4 is 0 Å². The Morgan fingerprint density at radius 2 is 1.86 bits per heavy atom. The summed E-state index contributed by atoms with van der Waals surface area (Å²) in [6.07, 6.45) is 5.72. The minimum Gasteiger partial charge on any atom is -0.496 e. The Kier molecular flexibility index (Phi) is 6.25. The number of methoxy groups -OCH3 is 1. The molecular formula is C19H29FO2. The first-order valence-electron chi connectivity index (χ1n) is 8.48. The van der Waals surface area contributed by atoms with E-state index in [1.54, 1.807) is 19.2 Å². The van der Waals surface area contributed by atoms with E-state index >= 15 is 0 Å². The maximum atomic E-state index is 13.7.